The molecule has 4 saturated carbocycles. The summed E-state index contributed by atoms with van der Waals surface area (Å²) >= 11 is 0. The van der Waals surface area contributed by atoms with Crippen LogP contribution in [0.4, 0.5) is 0 Å². The summed E-state index contributed by atoms with van der Waals surface area (Å²) in [5, 5.41) is 4.56. The minimum atomic E-state index is -0.222. The summed E-state index contributed by atoms with van der Waals surface area (Å²) in [6.07, 6.45) is 23.5. The standard InChI is InChI=1S/C31H48N2O/c1-8-23-19-32-33(20-23)21-30(6,34-7)27-11-10-25-24-13-15-28(4)18-22(3)12-17-31(28,9-2)26(24)14-16-29(25,27)5/h1,19-20,22,24-27H,9-18,21H2,2-7H3/t22-,24-,25?,26?,27-,28+,29-,30?,31+/m0/s1. The first-order valence-corrected chi connectivity index (χ1v) is 14.2. The number of ether oxygens (including phenoxy) is 1. The Hall–Kier alpha value is -1.27. The molecule has 0 spiro atoms. The van der Waals surface area contributed by atoms with Gasteiger partial charge in [-0.15, -0.1) is 6.42 Å². The van der Waals surface area contributed by atoms with Crippen molar-refractivity contribution in [3.63, 3.8) is 0 Å². The summed E-state index contributed by atoms with van der Waals surface area (Å²) < 4.78 is 8.38. The van der Waals surface area contributed by atoms with Crippen molar-refractivity contribution in [2.75, 3.05) is 7.11 Å². The summed E-state index contributed by atoms with van der Waals surface area (Å²) in [5.41, 5.74) is 2.13. The molecule has 0 N–H and O–H groups in total. The highest BCUT2D eigenvalue weighted by molar-refractivity contribution is 5.26. The minimum absolute atomic E-state index is 0.222. The van der Waals surface area contributed by atoms with Gasteiger partial charge in [-0.3, -0.25) is 4.68 Å². The van der Waals surface area contributed by atoms with Crippen LogP contribution in [-0.2, 0) is 11.3 Å². The number of hydrogen-bond acceptors (Lipinski definition) is 2. The molecule has 0 amide bonds. The van der Waals surface area contributed by atoms with Crippen LogP contribution in [0.15, 0.2) is 12.4 Å². The average molecular weight is 465 g/mol. The molecule has 4 fully saturated rings. The number of terminal acetylenes is 1. The van der Waals surface area contributed by atoms with Crippen LogP contribution >= 0.6 is 0 Å². The Kier molecular flexibility index (Phi) is 6.03. The molecule has 3 heteroatoms. The lowest BCUT2D eigenvalue weighted by Crippen LogP contribution is -2.59. The van der Waals surface area contributed by atoms with E-state index in [1.54, 1.807) is 6.20 Å². The highest BCUT2D eigenvalue weighted by atomic mass is 16.5. The number of nitrogens with zero attached hydrogens (tertiary/aromatic N) is 2. The second-order valence-electron chi connectivity index (χ2n) is 13.6. The fourth-order valence-corrected chi connectivity index (χ4v) is 10.8. The van der Waals surface area contributed by atoms with E-state index in [4.69, 9.17) is 11.2 Å². The molecule has 1 heterocycles. The van der Waals surface area contributed by atoms with Crippen molar-refractivity contribution in [1.82, 2.24) is 9.78 Å². The molecule has 4 aliphatic rings. The van der Waals surface area contributed by atoms with Gasteiger partial charge in [0.25, 0.3) is 0 Å². The normalized spacial score (nSPS) is 45.5. The highest BCUT2D eigenvalue weighted by Crippen LogP contribution is 2.72. The predicted molar refractivity (Wildman–Crippen MR) is 139 cm³/mol. The Balaban J connectivity index is 1.42. The van der Waals surface area contributed by atoms with Gasteiger partial charge in [-0.2, -0.15) is 5.10 Å². The van der Waals surface area contributed by atoms with Crippen LogP contribution in [0.25, 0.3) is 0 Å². The van der Waals surface area contributed by atoms with Crippen LogP contribution in [-0.4, -0.2) is 22.5 Å². The molecule has 5 rings (SSSR count). The first-order valence-electron chi connectivity index (χ1n) is 14.2. The van der Waals surface area contributed by atoms with Crippen molar-refractivity contribution in [3.8, 4) is 12.3 Å². The maximum absolute atomic E-state index is 6.36. The lowest BCUT2D eigenvalue weighted by Gasteiger charge is -2.67. The summed E-state index contributed by atoms with van der Waals surface area (Å²) in [7, 11) is 1.91. The molecule has 0 aliphatic heterocycles. The van der Waals surface area contributed by atoms with Crippen LogP contribution in [0.1, 0.15) is 104 Å². The van der Waals surface area contributed by atoms with E-state index in [0.29, 0.717) is 22.2 Å². The van der Waals surface area contributed by atoms with Crippen LogP contribution in [0.3, 0.4) is 0 Å². The van der Waals surface area contributed by atoms with E-state index < -0.39 is 0 Å². The third-order valence-electron chi connectivity index (χ3n) is 12.4. The van der Waals surface area contributed by atoms with Crippen LogP contribution in [0.5, 0.6) is 0 Å². The highest BCUT2D eigenvalue weighted by Gasteiger charge is 2.65. The summed E-state index contributed by atoms with van der Waals surface area (Å²) in [4.78, 5) is 0. The lowest BCUT2D eigenvalue weighted by atomic mass is 9.38. The third kappa shape index (κ3) is 3.37. The molecule has 1 aromatic rings. The van der Waals surface area contributed by atoms with E-state index in [1.165, 1.54) is 64.2 Å². The molecule has 3 nitrogen and oxygen atoms in total. The van der Waals surface area contributed by atoms with E-state index in [1.807, 2.05) is 18.0 Å². The molecule has 34 heavy (non-hydrogen) atoms. The van der Waals surface area contributed by atoms with E-state index >= 15 is 0 Å². The molecular formula is C31H48N2O. The van der Waals surface area contributed by atoms with E-state index in [0.717, 1.165) is 35.8 Å². The second kappa shape index (κ2) is 8.40. The Morgan fingerprint density at radius 3 is 2.62 bits per heavy atom. The summed E-state index contributed by atoms with van der Waals surface area (Å²) in [6.45, 7) is 13.5. The topological polar surface area (TPSA) is 27.1 Å². The maximum Gasteiger partial charge on any atom is 0.0878 e. The zero-order valence-corrected chi connectivity index (χ0v) is 22.7. The van der Waals surface area contributed by atoms with Gasteiger partial charge in [0.1, 0.15) is 0 Å². The van der Waals surface area contributed by atoms with Gasteiger partial charge in [-0.1, -0.05) is 40.0 Å². The Bertz CT molecular complexity index is 945. The van der Waals surface area contributed by atoms with E-state index in [9.17, 15) is 0 Å². The molecule has 0 radical (unpaired) electrons. The van der Waals surface area contributed by atoms with Crippen molar-refractivity contribution in [1.29, 1.82) is 0 Å². The monoisotopic (exact) mass is 464 g/mol. The SMILES string of the molecule is C#Cc1cnn(CC(C)(OC)[C@H]2CCC3[C@@H]4CC[C@]5(C)C[C@@H](C)CC[C@]5(CC)C4CC[C@@]32C)c1. The van der Waals surface area contributed by atoms with Crippen molar-refractivity contribution in [3.05, 3.63) is 18.0 Å². The molecule has 0 saturated heterocycles. The number of hydrogen-bond donors (Lipinski definition) is 0. The van der Waals surface area contributed by atoms with Gasteiger partial charge in [-0.05, 0) is 111 Å². The first-order chi connectivity index (χ1) is 16.1. The van der Waals surface area contributed by atoms with Crippen LogP contribution in [0.2, 0.25) is 0 Å². The molecule has 3 unspecified atom stereocenters. The Morgan fingerprint density at radius 1 is 1.15 bits per heavy atom. The number of methoxy groups -OCH3 is 1. The fraction of sp³-hybridized carbons (Fsp3) is 0.839. The van der Waals surface area contributed by atoms with Crippen molar-refractivity contribution < 1.29 is 4.74 Å². The zero-order valence-electron chi connectivity index (χ0n) is 22.7. The lowest BCUT2D eigenvalue weighted by molar-refractivity contribution is -0.183. The molecule has 9 atom stereocenters. The van der Waals surface area contributed by atoms with Crippen molar-refractivity contribution in [2.45, 2.75) is 111 Å². The first kappa shape index (κ1) is 24.4. The Morgan fingerprint density at radius 2 is 1.94 bits per heavy atom. The minimum Gasteiger partial charge on any atom is -0.376 e. The van der Waals surface area contributed by atoms with Gasteiger partial charge in [0.2, 0.25) is 0 Å². The fourth-order valence-electron chi connectivity index (χ4n) is 10.8. The van der Waals surface area contributed by atoms with Gasteiger partial charge in [0.15, 0.2) is 0 Å². The number of fused-ring (bicyclic) bond motifs is 5. The maximum atomic E-state index is 6.36. The molecule has 0 bridgehead atoms. The smallest absolute Gasteiger partial charge is 0.0878 e. The predicted octanol–water partition coefficient (Wildman–Crippen LogP) is 7.34. The average Bonchev–Trinajstić information content (AvgIpc) is 3.42. The van der Waals surface area contributed by atoms with E-state index in [2.05, 4.69) is 45.6 Å². The third-order valence-corrected chi connectivity index (χ3v) is 12.4. The van der Waals surface area contributed by atoms with Crippen molar-refractivity contribution in [2.24, 2.45) is 45.8 Å². The number of rotatable bonds is 5. The van der Waals surface area contributed by atoms with Crippen LogP contribution in [0, 0.1) is 58.2 Å². The molecule has 0 aromatic carbocycles. The second-order valence-corrected chi connectivity index (χ2v) is 13.6. The quantitative estimate of drug-likeness (QED) is 0.426. The summed E-state index contributed by atoms with van der Waals surface area (Å²) in [6, 6.07) is 0. The van der Waals surface area contributed by atoms with Crippen molar-refractivity contribution >= 4 is 0 Å². The van der Waals surface area contributed by atoms with Gasteiger partial charge in [-0.25, -0.2) is 0 Å². The molecule has 4 aliphatic carbocycles. The van der Waals surface area contributed by atoms with Crippen LogP contribution < -0.4 is 0 Å². The zero-order chi connectivity index (χ0) is 24.4. The van der Waals surface area contributed by atoms with Gasteiger partial charge < -0.3 is 4.74 Å². The molecule has 188 valence electrons. The molecule has 1 aromatic heterocycles. The summed E-state index contributed by atoms with van der Waals surface area (Å²) in [5.74, 6) is 6.87. The van der Waals surface area contributed by atoms with E-state index in [-0.39, 0.29) is 5.60 Å². The number of aromatic nitrogens is 2. The Labute approximate surface area is 208 Å². The largest absolute Gasteiger partial charge is 0.376 e. The van der Waals surface area contributed by atoms with Gasteiger partial charge >= 0.3 is 0 Å². The van der Waals surface area contributed by atoms with Gasteiger partial charge in [0.05, 0.1) is 23.9 Å². The molecular weight excluding hydrogens is 416 g/mol. The van der Waals surface area contributed by atoms with Gasteiger partial charge in [0, 0.05) is 13.3 Å².